The zero-order valence-electron chi connectivity index (χ0n) is 18.4. The number of aryl methyl sites for hydroxylation is 1. The maximum atomic E-state index is 13.0. The Kier molecular flexibility index (Phi) is 6.55. The molecule has 0 bridgehead atoms. The largest absolute Gasteiger partial charge is 0.381 e. The van der Waals surface area contributed by atoms with Gasteiger partial charge in [-0.2, -0.15) is 0 Å². The molecule has 1 unspecified atom stereocenters. The first-order valence-corrected chi connectivity index (χ1v) is 10.9. The predicted molar refractivity (Wildman–Crippen MR) is 121 cm³/mol. The van der Waals surface area contributed by atoms with Crippen molar-refractivity contribution in [1.82, 2.24) is 25.2 Å². The quantitative estimate of drug-likeness (QED) is 0.580. The first-order valence-electron chi connectivity index (χ1n) is 10.9. The molecule has 0 radical (unpaired) electrons. The molecule has 2 fully saturated rings. The Morgan fingerprint density at radius 1 is 1.27 bits per heavy atom. The summed E-state index contributed by atoms with van der Waals surface area (Å²) in [6.07, 6.45) is 7.96. The standard InChI is InChI=1S/C23H27N5O5/c1-15-25-12-16(20(30)26-15)4-5-19(29)28-13-17(11-23(14-28)6-9-33-10-7-23)27-22(32)18-3-2-8-24-21(18)31/h2-5,8,12,17H,6-7,9-11,13-14H2,1H3,(H,24,31)(H,27,32)(H,25,26,30)/b5-4+. The third-order valence-electron chi connectivity index (χ3n) is 6.27. The van der Waals surface area contributed by atoms with E-state index in [2.05, 4.69) is 20.3 Å². The number of carbonyl (C=O) groups is 2. The van der Waals surface area contributed by atoms with Crippen LogP contribution >= 0.6 is 0 Å². The molecule has 0 saturated carbocycles. The number of hydrogen-bond acceptors (Lipinski definition) is 6. The average Bonchev–Trinajstić information content (AvgIpc) is 2.78. The van der Waals surface area contributed by atoms with Gasteiger partial charge in [0, 0.05) is 50.8 Å². The first kappa shape index (κ1) is 22.7. The molecule has 1 spiro atoms. The summed E-state index contributed by atoms with van der Waals surface area (Å²) < 4.78 is 5.53. The van der Waals surface area contributed by atoms with E-state index in [1.54, 1.807) is 17.9 Å². The van der Waals surface area contributed by atoms with E-state index in [9.17, 15) is 19.2 Å². The number of likely N-dealkylation sites (tertiary alicyclic amines) is 1. The Labute approximate surface area is 190 Å². The Morgan fingerprint density at radius 3 is 2.79 bits per heavy atom. The van der Waals surface area contributed by atoms with Gasteiger partial charge in [-0.25, -0.2) is 4.98 Å². The molecule has 2 aliphatic heterocycles. The lowest BCUT2D eigenvalue weighted by atomic mass is 9.72. The van der Waals surface area contributed by atoms with E-state index in [1.807, 2.05) is 0 Å². The molecule has 0 aliphatic carbocycles. The molecule has 2 saturated heterocycles. The monoisotopic (exact) mass is 453 g/mol. The van der Waals surface area contributed by atoms with Gasteiger partial charge in [0.05, 0.1) is 5.56 Å². The lowest BCUT2D eigenvalue weighted by Gasteiger charge is -2.48. The number of aromatic nitrogens is 3. The van der Waals surface area contributed by atoms with Gasteiger partial charge in [0.15, 0.2) is 0 Å². The molecule has 1 atom stereocenters. The number of hydrogen-bond donors (Lipinski definition) is 3. The summed E-state index contributed by atoms with van der Waals surface area (Å²) in [6, 6.07) is 2.75. The van der Waals surface area contributed by atoms with E-state index in [1.165, 1.54) is 30.6 Å². The van der Waals surface area contributed by atoms with Gasteiger partial charge in [0.2, 0.25) is 5.91 Å². The number of nitrogens with zero attached hydrogens (tertiary/aromatic N) is 2. The van der Waals surface area contributed by atoms with Crippen molar-refractivity contribution in [1.29, 1.82) is 0 Å². The highest BCUT2D eigenvalue weighted by atomic mass is 16.5. The van der Waals surface area contributed by atoms with Crippen LogP contribution in [0.1, 0.15) is 41.0 Å². The van der Waals surface area contributed by atoms with E-state index >= 15 is 0 Å². The number of piperidine rings is 1. The number of carbonyl (C=O) groups excluding carboxylic acids is 2. The van der Waals surface area contributed by atoms with Crippen molar-refractivity contribution in [3.8, 4) is 0 Å². The van der Waals surface area contributed by atoms with E-state index < -0.39 is 11.5 Å². The van der Waals surface area contributed by atoms with Crippen LogP contribution in [0.2, 0.25) is 0 Å². The number of ether oxygens (including phenoxy) is 1. The molecule has 2 aromatic heterocycles. The molecule has 33 heavy (non-hydrogen) atoms. The second-order valence-electron chi connectivity index (χ2n) is 8.70. The maximum Gasteiger partial charge on any atom is 0.260 e. The summed E-state index contributed by atoms with van der Waals surface area (Å²) in [7, 11) is 0. The van der Waals surface area contributed by atoms with Crippen LogP contribution in [-0.2, 0) is 9.53 Å². The Morgan fingerprint density at radius 2 is 2.06 bits per heavy atom. The molecule has 4 rings (SSSR count). The fraction of sp³-hybridized carbons (Fsp3) is 0.435. The minimum Gasteiger partial charge on any atom is -0.381 e. The normalized spacial score (nSPS) is 20.2. The zero-order valence-corrected chi connectivity index (χ0v) is 18.4. The molecular weight excluding hydrogens is 426 g/mol. The van der Waals surface area contributed by atoms with Crippen LogP contribution in [0.15, 0.2) is 40.2 Å². The SMILES string of the molecule is Cc1ncc(/C=C/C(=O)N2CC(NC(=O)c3ccc[nH]c3=O)CC3(CCOCC3)C2)c(=O)[nH]1. The molecule has 2 aliphatic rings. The Balaban J connectivity index is 1.53. The summed E-state index contributed by atoms with van der Waals surface area (Å²) in [5.41, 5.74) is -0.624. The fourth-order valence-corrected chi connectivity index (χ4v) is 4.56. The van der Waals surface area contributed by atoms with Crippen LogP contribution in [0.5, 0.6) is 0 Å². The number of rotatable bonds is 4. The molecule has 2 aromatic rings. The highest BCUT2D eigenvalue weighted by Crippen LogP contribution is 2.39. The van der Waals surface area contributed by atoms with Crippen molar-refractivity contribution < 1.29 is 14.3 Å². The number of H-pyrrole nitrogens is 2. The number of amides is 2. The van der Waals surface area contributed by atoms with Crippen LogP contribution in [0.4, 0.5) is 0 Å². The van der Waals surface area contributed by atoms with E-state index in [4.69, 9.17) is 4.74 Å². The van der Waals surface area contributed by atoms with Gasteiger partial charge in [-0.15, -0.1) is 0 Å². The van der Waals surface area contributed by atoms with Gasteiger partial charge in [-0.3, -0.25) is 19.2 Å². The first-order chi connectivity index (χ1) is 15.8. The summed E-state index contributed by atoms with van der Waals surface area (Å²) in [6.45, 7) is 3.73. The van der Waals surface area contributed by atoms with Gasteiger partial charge >= 0.3 is 0 Å². The Bertz CT molecular complexity index is 1180. The van der Waals surface area contributed by atoms with Gasteiger partial charge in [0.25, 0.3) is 17.0 Å². The van der Waals surface area contributed by atoms with E-state index in [-0.39, 0.29) is 28.5 Å². The third-order valence-corrected chi connectivity index (χ3v) is 6.27. The van der Waals surface area contributed by atoms with Crippen molar-refractivity contribution >= 4 is 17.9 Å². The number of nitrogens with one attached hydrogen (secondary N) is 3. The van der Waals surface area contributed by atoms with Crippen LogP contribution in [0.3, 0.4) is 0 Å². The minimum absolute atomic E-state index is 0.0352. The molecule has 3 N–H and O–H groups in total. The van der Waals surface area contributed by atoms with Gasteiger partial charge < -0.3 is 24.9 Å². The van der Waals surface area contributed by atoms with Crippen molar-refractivity contribution in [2.75, 3.05) is 26.3 Å². The van der Waals surface area contributed by atoms with E-state index in [0.717, 1.165) is 12.8 Å². The zero-order chi connectivity index (χ0) is 23.4. The third kappa shape index (κ3) is 5.28. The van der Waals surface area contributed by atoms with Crippen molar-refractivity contribution in [3.63, 3.8) is 0 Å². The Hall–Kier alpha value is -3.53. The molecule has 10 nitrogen and oxygen atoms in total. The van der Waals surface area contributed by atoms with Crippen LogP contribution in [0.25, 0.3) is 6.08 Å². The van der Waals surface area contributed by atoms with Crippen molar-refractivity contribution in [3.05, 3.63) is 68.3 Å². The molecule has 4 heterocycles. The molecule has 174 valence electrons. The molecular formula is C23H27N5O5. The predicted octanol–water partition coefficient (Wildman–Crippen LogP) is 0.608. The summed E-state index contributed by atoms with van der Waals surface area (Å²) in [5, 5.41) is 2.94. The van der Waals surface area contributed by atoms with Gasteiger partial charge in [-0.1, -0.05) is 0 Å². The second-order valence-corrected chi connectivity index (χ2v) is 8.70. The van der Waals surface area contributed by atoms with Crippen LogP contribution in [0, 0.1) is 12.3 Å². The van der Waals surface area contributed by atoms with Gasteiger partial charge in [0.1, 0.15) is 11.4 Å². The molecule has 2 amide bonds. The van der Waals surface area contributed by atoms with E-state index in [0.29, 0.717) is 44.1 Å². The summed E-state index contributed by atoms with van der Waals surface area (Å²) in [4.78, 5) is 60.7. The topological polar surface area (TPSA) is 137 Å². The second kappa shape index (κ2) is 9.53. The van der Waals surface area contributed by atoms with Crippen LogP contribution < -0.4 is 16.4 Å². The lowest BCUT2D eigenvalue weighted by Crippen LogP contribution is -2.57. The van der Waals surface area contributed by atoms with Crippen molar-refractivity contribution in [2.24, 2.45) is 5.41 Å². The average molecular weight is 453 g/mol. The number of aromatic amines is 2. The highest BCUT2D eigenvalue weighted by Gasteiger charge is 2.42. The fourth-order valence-electron chi connectivity index (χ4n) is 4.56. The molecule has 0 aromatic carbocycles. The highest BCUT2D eigenvalue weighted by molar-refractivity contribution is 5.94. The summed E-state index contributed by atoms with van der Waals surface area (Å²) >= 11 is 0. The number of pyridine rings is 1. The maximum absolute atomic E-state index is 13.0. The van der Waals surface area contributed by atoms with Crippen LogP contribution in [-0.4, -0.2) is 64.0 Å². The summed E-state index contributed by atoms with van der Waals surface area (Å²) in [5.74, 6) is -0.222. The smallest absolute Gasteiger partial charge is 0.260 e. The van der Waals surface area contributed by atoms with Gasteiger partial charge in [-0.05, 0) is 49.8 Å². The van der Waals surface area contributed by atoms with Crippen molar-refractivity contribution in [2.45, 2.75) is 32.2 Å². The minimum atomic E-state index is -0.467. The molecule has 10 heteroatoms. The lowest BCUT2D eigenvalue weighted by molar-refractivity contribution is -0.132.